The Morgan fingerprint density at radius 3 is 2.71 bits per heavy atom. The Kier molecular flexibility index (Phi) is 5.33. The lowest BCUT2D eigenvalue weighted by molar-refractivity contribution is -0.122. The largest absolute Gasteiger partial charge is 0.478 e. The Balaban J connectivity index is 2.07. The van der Waals surface area contributed by atoms with Crippen LogP contribution in [0.15, 0.2) is 53.0 Å². The lowest BCUT2D eigenvalue weighted by Gasteiger charge is -2.17. The van der Waals surface area contributed by atoms with Crippen molar-refractivity contribution >= 4 is 27.5 Å². The molecule has 0 heterocycles. The van der Waals surface area contributed by atoms with Crippen LogP contribution in [0.4, 0.5) is 10.1 Å². The number of hydrogen-bond acceptors (Lipinski definition) is 2. The zero-order chi connectivity index (χ0) is 15.2. The Bertz CT molecular complexity index is 633. The normalized spacial score (nSPS) is 11.8. The van der Waals surface area contributed by atoms with Crippen molar-refractivity contribution in [1.29, 1.82) is 0 Å². The third-order valence-electron chi connectivity index (χ3n) is 2.86. The van der Waals surface area contributed by atoms with Gasteiger partial charge in [-0.25, -0.2) is 4.39 Å². The van der Waals surface area contributed by atoms with E-state index in [1.54, 1.807) is 24.3 Å². The fraction of sp³-hybridized carbons (Fsp3) is 0.188. The van der Waals surface area contributed by atoms with Crippen LogP contribution >= 0.6 is 15.9 Å². The van der Waals surface area contributed by atoms with Crippen LogP contribution < -0.4 is 10.1 Å². The van der Waals surface area contributed by atoms with Crippen LogP contribution in [0.2, 0.25) is 0 Å². The number of anilines is 1. The van der Waals surface area contributed by atoms with Crippen LogP contribution in [0, 0.1) is 5.82 Å². The maximum Gasteiger partial charge on any atom is 0.265 e. The summed E-state index contributed by atoms with van der Waals surface area (Å²) in [6.45, 7) is 1.81. The number of carbonyl (C=O) groups is 1. The van der Waals surface area contributed by atoms with Crippen LogP contribution in [-0.4, -0.2) is 12.0 Å². The topological polar surface area (TPSA) is 38.3 Å². The summed E-state index contributed by atoms with van der Waals surface area (Å²) in [4.78, 5) is 12.2. The second-order valence-corrected chi connectivity index (χ2v) is 5.36. The molecule has 2 aromatic rings. The summed E-state index contributed by atoms with van der Waals surface area (Å²) >= 11 is 3.34. The first-order chi connectivity index (χ1) is 10.1. The van der Waals surface area contributed by atoms with Crippen molar-refractivity contribution in [3.8, 4) is 5.75 Å². The minimum absolute atomic E-state index is 0.0775. The van der Waals surface area contributed by atoms with Gasteiger partial charge in [0, 0.05) is 10.2 Å². The molecule has 2 aromatic carbocycles. The van der Waals surface area contributed by atoms with E-state index in [-0.39, 0.29) is 11.7 Å². The molecule has 5 heteroatoms. The van der Waals surface area contributed by atoms with E-state index in [0.29, 0.717) is 12.1 Å². The standard InChI is InChI=1S/C16H15BrFNO2/c1-2-14(21-15-9-4-3-8-13(15)18)16(20)19-12-7-5-6-11(17)10-12/h3-10,14H,2H2,1H3,(H,19,20)/t14-/m1/s1. The van der Waals surface area contributed by atoms with Crippen molar-refractivity contribution in [2.75, 3.05) is 5.32 Å². The summed E-state index contributed by atoms with van der Waals surface area (Å²) in [5.41, 5.74) is 0.657. The minimum Gasteiger partial charge on any atom is -0.478 e. The molecule has 0 aromatic heterocycles. The summed E-state index contributed by atoms with van der Waals surface area (Å²) in [5, 5.41) is 2.76. The average molecular weight is 352 g/mol. The lowest BCUT2D eigenvalue weighted by atomic mass is 10.2. The Morgan fingerprint density at radius 1 is 1.29 bits per heavy atom. The number of para-hydroxylation sites is 1. The molecule has 0 bridgehead atoms. The Hall–Kier alpha value is -1.88. The number of halogens is 2. The zero-order valence-electron chi connectivity index (χ0n) is 11.5. The minimum atomic E-state index is -0.749. The van der Waals surface area contributed by atoms with Gasteiger partial charge in [-0.1, -0.05) is 41.1 Å². The molecule has 1 atom stereocenters. The molecule has 0 radical (unpaired) electrons. The van der Waals surface area contributed by atoms with E-state index in [4.69, 9.17) is 4.74 Å². The summed E-state index contributed by atoms with van der Waals surface area (Å²) in [6.07, 6.45) is -0.311. The summed E-state index contributed by atoms with van der Waals surface area (Å²) in [7, 11) is 0. The SMILES string of the molecule is CC[C@@H](Oc1ccccc1F)C(=O)Nc1cccc(Br)c1. The quantitative estimate of drug-likeness (QED) is 0.867. The summed E-state index contributed by atoms with van der Waals surface area (Å²) in [5.74, 6) is -0.709. The van der Waals surface area contributed by atoms with Gasteiger partial charge in [0.05, 0.1) is 0 Å². The van der Waals surface area contributed by atoms with Crippen LogP contribution in [-0.2, 0) is 4.79 Å². The van der Waals surface area contributed by atoms with Gasteiger partial charge < -0.3 is 10.1 Å². The van der Waals surface area contributed by atoms with Crippen LogP contribution in [0.1, 0.15) is 13.3 Å². The van der Waals surface area contributed by atoms with E-state index in [0.717, 1.165) is 4.47 Å². The molecular formula is C16H15BrFNO2. The van der Waals surface area contributed by atoms with E-state index < -0.39 is 11.9 Å². The van der Waals surface area contributed by atoms with Crippen LogP contribution in [0.3, 0.4) is 0 Å². The van der Waals surface area contributed by atoms with Crippen molar-refractivity contribution < 1.29 is 13.9 Å². The highest BCUT2D eigenvalue weighted by Gasteiger charge is 2.19. The van der Waals surface area contributed by atoms with Gasteiger partial charge in [-0.15, -0.1) is 0 Å². The molecule has 0 aliphatic carbocycles. The highest BCUT2D eigenvalue weighted by Crippen LogP contribution is 2.20. The van der Waals surface area contributed by atoms with Crippen molar-refractivity contribution in [2.45, 2.75) is 19.4 Å². The molecule has 0 saturated carbocycles. The molecular weight excluding hydrogens is 337 g/mol. The number of benzene rings is 2. The Labute approximate surface area is 131 Å². The first-order valence-corrected chi connectivity index (χ1v) is 7.37. The predicted molar refractivity (Wildman–Crippen MR) is 83.9 cm³/mol. The van der Waals surface area contributed by atoms with Gasteiger partial charge in [0.15, 0.2) is 17.7 Å². The molecule has 0 aliphatic rings. The molecule has 2 rings (SSSR count). The fourth-order valence-electron chi connectivity index (χ4n) is 1.80. The predicted octanol–water partition coefficient (Wildman–Crippen LogP) is 4.38. The van der Waals surface area contributed by atoms with Gasteiger partial charge in [0.2, 0.25) is 0 Å². The first-order valence-electron chi connectivity index (χ1n) is 6.57. The number of amides is 1. The molecule has 1 amide bonds. The van der Waals surface area contributed by atoms with Crippen LogP contribution in [0.25, 0.3) is 0 Å². The van der Waals surface area contributed by atoms with E-state index >= 15 is 0 Å². The van der Waals surface area contributed by atoms with Gasteiger partial charge in [-0.3, -0.25) is 4.79 Å². The summed E-state index contributed by atoms with van der Waals surface area (Å²) < 4.78 is 19.9. The van der Waals surface area contributed by atoms with E-state index in [2.05, 4.69) is 21.2 Å². The van der Waals surface area contributed by atoms with E-state index in [9.17, 15) is 9.18 Å². The highest BCUT2D eigenvalue weighted by atomic mass is 79.9. The summed E-state index contributed by atoms with van der Waals surface area (Å²) in [6, 6.07) is 13.3. The maximum absolute atomic E-state index is 13.6. The molecule has 0 fully saturated rings. The first kappa shape index (κ1) is 15.5. The number of rotatable bonds is 5. The van der Waals surface area contributed by atoms with Crippen molar-refractivity contribution in [2.24, 2.45) is 0 Å². The van der Waals surface area contributed by atoms with Crippen molar-refractivity contribution in [3.05, 3.63) is 58.8 Å². The van der Waals surface area contributed by atoms with E-state index in [1.165, 1.54) is 12.1 Å². The second kappa shape index (κ2) is 7.22. The smallest absolute Gasteiger partial charge is 0.265 e. The number of ether oxygens (including phenoxy) is 1. The van der Waals surface area contributed by atoms with Gasteiger partial charge in [-0.2, -0.15) is 0 Å². The van der Waals surface area contributed by atoms with Gasteiger partial charge in [0.25, 0.3) is 5.91 Å². The molecule has 21 heavy (non-hydrogen) atoms. The molecule has 110 valence electrons. The molecule has 1 N–H and O–H groups in total. The van der Waals surface area contributed by atoms with Gasteiger partial charge in [0.1, 0.15) is 0 Å². The highest BCUT2D eigenvalue weighted by molar-refractivity contribution is 9.10. The third-order valence-corrected chi connectivity index (χ3v) is 3.35. The van der Waals surface area contributed by atoms with E-state index in [1.807, 2.05) is 19.1 Å². The van der Waals surface area contributed by atoms with Crippen molar-refractivity contribution in [1.82, 2.24) is 0 Å². The lowest BCUT2D eigenvalue weighted by Crippen LogP contribution is -2.32. The van der Waals surface area contributed by atoms with Gasteiger partial charge >= 0.3 is 0 Å². The second-order valence-electron chi connectivity index (χ2n) is 4.44. The molecule has 0 spiro atoms. The average Bonchev–Trinajstić information content (AvgIpc) is 2.46. The molecule has 3 nitrogen and oxygen atoms in total. The zero-order valence-corrected chi connectivity index (χ0v) is 13.1. The molecule has 0 aliphatic heterocycles. The third kappa shape index (κ3) is 4.29. The number of carbonyl (C=O) groups excluding carboxylic acids is 1. The maximum atomic E-state index is 13.6. The van der Waals surface area contributed by atoms with Gasteiger partial charge in [-0.05, 0) is 36.8 Å². The monoisotopic (exact) mass is 351 g/mol. The fourth-order valence-corrected chi connectivity index (χ4v) is 2.20. The number of hydrogen-bond donors (Lipinski definition) is 1. The van der Waals surface area contributed by atoms with Crippen LogP contribution in [0.5, 0.6) is 5.75 Å². The Morgan fingerprint density at radius 2 is 2.05 bits per heavy atom. The molecule has 0 unspecified atom stereocenters. The number of nitrogens with one attached hydrogen (secondary N) is 1. The van der Waals surface area contributed by atoms with Crippen molar-refractivity contribution in [3.63, 3.8) is 0 Å². The molecule has 0 saturated heterocycles.